The van der Waals surface area contributed by atoms with Crippen molar-refractivity contribution in [3.8, 4) is 34.0 Å². The van der Waals surface area contributed by atoms with Crippen molar-refractivity contribution in [2.45, 2.75) is 0 Å². The van der Waals surface area contributed by atoms with E-state index < -0.39 is 0 Å². The average Bonchev–Trinajstić information content (AvgIpc) is 3.97. The van der Waals surface area contributed by atoms with Crippen LogP contribution < -0.4 is 0 Å². The van der Waals surface area contributed by atoms with E-state index in [2.05, 4.69) is 197 Å². The fourth-order valence-electron chi connectivity index (χ4n) is 9.51. The Labute approximate surface area is 337 Å². The summed E-state index contributed by atoms with van der Waals surface area (Å²) in [6, 6.07) is 68.8. The van der Waals surface area contributed by atoms with Crippen LogP contribution in [0.1, 0.15) is 0 Å². The van der Waals surface area contributed by atoms with Crippen LogP contribution in [0.15, 0.2) is 199 Å². The third kappa shape index (κ3) is 4.61. The Morgan fingerprint density at radius 3 is 1.90 bits per heavy atom. The Morgan fingerprint density at radius 2 is 1.02 bits per heavy atom. The molecule has 0 fully saturated rings. The van der Waals surface area contributed by atoms with Crippen LogP contribution in [0.3, 0.4) is 0 Å². The molecule has 13 aromatic rings. The molecule has 0 saturated carbocycles. The lowest BCUT2D eigenvalue weighted by molar-refractivity contribution is 0.673. The fraction of sp³-hybridized carbons (Fsp3) is 0. The molecule has 0 saturated heterocycles. The highest BCUT2D eigenvalue weighted by atomic mass is 16.3. The molecule has 0 atom stereocenters. The molecule has 9 aromatic carbocycles. The summed E-state index contributed by atoms with van der Waals surface area (Å²) in [5, 5.41) is 10.0. The number of hydrogen-bond donors (Lipinski definition) is 0. The number of aromatic nitrogens is 4. The van der Waals surface area contributed by atoms with Crippen molar-refractivity contribution in [1.82, 2.24) is 19.1 Å². The zero-order valence-electron chi connectivity index (χ0n) is 31.7. The van der Waals surface area contributed by atoms with E-state index >= 15 is 0 Å². The van der Waals surface area contributed by atoms with Crippen LogP contribution in [0.25, 0.3) is 121 Å². The molecular weight excluding hydrogens is 721 g/mol. The van der Waals surface area contributed by atoms with E-state index in [4.69, 9.17) is 14.4 Å². The van der Waals surface area contributed by atoms with Crippen LogP contribution in [-0.2, 0) is 0 Å². The fourth-order valence-corrected chi connectivity index (χ4v) is 9.51. The predicted molar refractivity (Wildman–Crippen MR) is 244 cm³/mol. The molecule has 0 N–H and O–H groups in total. The molecule has 5 nitrogen and oxygen atoms in total. The van der Waals surface area contributed by atoms with Crippen LogP contribution in [0.4, 0.5) is 0 Å². The van der Waals surface area contributed by atoms with Gasteiger partial charge in [0.1, 0.15) is 11.2 Å². The first-order chi connectivity index (χ1) is 29.3. The zero-order chi connectivity index (χ0) is 38.6. The van der Waals surface area contributed by atoms with Gasteiger partial charge in [-0.25, -0.2) is 9.97 Å². The van der Waals surface area contributed by atoms with Gasteiger partial charge in [0, 0.05) is 43.3 Å². The van der Waals surface area contributed by atoms with Crippen LogP contribution in [0.5, 0.6) is 0 Å². The zero-order valence-corrected chi connectivity index (χ0v) is 31.7. The molecule has 4 heterocycles. The summed E-state index contributed by atoms with van der Waals surface area (Å²) in [4.78, 5) is 11.0. The molecule has 5 heteroatoms. The molecule has 0 spiro atoms. The lowest BCUT2D eigenvalue weighted by Crippen LogP contribution is -2.05. The van der Waals surface area contributed by atoms with Crippen LogP contribution >= 0.6 is 0 Å². The maximum Gasteiger partial charge on any atom is 0.235 e. The standard InChI is InChI=1S/C54H32N4O/c1-2-13-33(14-3-1)34-25-27-36(28-26-34)50-42-20-6-9-21-44(42)55-54(56-50)58-47-32-31-41-39-19-8-11-24-48(39)59-53(41)49(47)43-30-29-40-38-18-7-10-22-46(38)57(51(40)52(43)58)45-23-12-16-35-15-4-5-17-37(35)45/h1-32H. The van der Waals surface area contributed by atoms with Gasteiger partial charge in [0.25, 0.3) is 0 Å². The van der Waals surface area contributed by atoms with Gasteiger partial charge in [-0.2, -0.15) is 0 Å². The van der Waals surface area contributed by atoms with Gasteiger partial charge in [-0.05, 0) is 52.9 Å². The predicted octanol–water partition coefficient (Wildman–Crippen LogP) is 14.2. The van der Waals surface area contributed by atoms with Crippen molar-refractivity contribution in [3.63, 3.8) is 0 Å². The summed E-state index contributed by atoms with van der Waals surface area (Å²) in [5.41, 5.74) is 12.2. The van der Waals surface area contributed by atoms with Crippen LogP contribution in [0.2, 0.25) is 0 Å². The van der Waals surface area contributed by atoms with Gasteiger partial charge >= 0.3 is 0 Å². The van der Waals surface area contributed by atoms with E-state index in [0.717, 1.165) is 93.6 Å². The Bertz CT molecular complexity index is 3830. The van der Waals surface area contributed by atoms with Crippen molar-refractivity contribution in [2.75, 3.05) is 0 Å². The molecule has 274 valence electrons. The molecule has 0 bridgehead atoms. The second-order valence-corrected chi connectivity index (χ2v) is 15.3. The van der Waals surface area contributed by atoms with E-state index in [0.29, 0.717) is 5.95 Å². The van der Waals surface area contributed by atoms with Crippen molar-refractivity contribution in [1.29, 1.82) is 0 Å². The van der Waals surface area contributed by atoms with E-state index in [1.54, 1.807) is 0 Å². The molecule has 4 aromatic heterocycles. The van der Waals surface area contributed by atoms with Gasteiger partial charge < -0.3 is 8.98 Å². The summed E-state index contributed by atoms with van der Waals surface area (Å²) >= 11 is 0. The Kier molecular flexibility index (Phi) is 6.66. The topological polar surface area (TPSA) is 48.8 Å². The number of para-hydroxylation sites is 3. The second-order valence-electron chi connectivity index (χ2n) is 15.3. The van der Waals surface area contributed by atoms with Crippen molar-refractivity contribution in [3.05, 3.63) is 194 Å². The van der Waals surface area contributed by atoms with E-state index in [-0.39, 0.29) is 0 Å². The molecule has 13 rings (SSSR count). The summed E-state index contributed by atoms with van der Waals surface area (Å²) in [7, 11) is 0. The van der Waals surface area contributed by atoms with E-state index in [1.807, 2.05) is 6.07 Å². The average molecular weight is 753 g/mol. The third-order valence-electron chi connectivity index (χ3n) is 12.1. The number of fused-ring (bicyclic) bond motifs is 13. The van der Waals surface area contributed by atoms with Crippen molar-refractivity contribution in [2.24, 2.45) is 0 Å². The molecule has 0 amide bonds. The SMILES string of the molecule is c1ccc(-c2ccc(-c3nc(-n4c5ccc6c7ccccc7oc6c5c5ccc6c7ccccc7n(-c7cccc8ccccc78)c6c54)nc4ccccc34)cc2)cc1. The minimum absolute atomic E-state index is 0.600. The Balaban J connectivity index is 1.20. The Hall–Kier alpha value is -8.02. The van der Waals surface area contributed by atoms with E-state index in [9.17, 15) is 0 Å². The summed E-state index contributed by atoms with van der Waals surface area (Å²) < 4.78 is 11.6. The van der Waals surface area contributed by atoms with Gasteiger partial charge in [0.2, 0.25) is 5.95 Å². The van der Waals surface area contributed by atoms with Crippen molar-refractivity contribution >= 4 is 87.2 Å². The van der Waals surface area contributed by atoms with Gasteiger partial charge in [-0.3, -0.25) is 4.57 Å². The summed E-state index contributed by atoms with van der Waals surface area (Å²) in [5.74, 6) is 0.600. The normalized spacial score (nSPS) is 12.1. The summed E-state index contributed by atoms with van der Waals surface area (Å²) in [6.45, 7) is 0. The number of hydrogen-bond acceptors (Lipinski definition) is 3. The first-order valence-electron chi connectivity index (χ1n) is 20.0. The first kappa shape index (κ1) is 32.1. The highest BCUT2D eigenvalue weighted by Crippen LogP contribution is 2.46. The van der Waals surface area contributed by atoms with Gasteiger partial charge in [0.15, 0.2) is 0 Å². The van der Waals surface area contributed by atoms with Gasteiger partial charge in [-0.1, -0.05) is 158 Å². The molecule has 0 aliphatic heterocycles. The minimum atomic E-state index is 0.600. The Morgan fingerprint density at radius 1 is 0.373 bits per heavy atom. The number of rotatable bonds is 4. The van der Waals surface area contributed by atoms with Crippen LogP contribution in [0, 0.1) is 0 Å². The quantitative estimate of drug-likeness (QED) is 0.180. The lowest BCUT2D eigenvalue weighted by atomic mass is 10.0. The first-order valence-corrected chi connectivity index (χ1v) is 20.0. The van der Waals surface area contributed by atoms with Crippen molar-refractivity contribution < 1.29 is 4.42 Å². The smallest absolute Gasteiger partial charge is 0.235 e. The monoisotopic (exact) mass is 752 g/mol. The lowest BCUT2D eigenvalue weighted by Gasteiger charge is -2.15. The number of furan rings is 1. The molecule has 0 unspecified atom stereocenters. The van der Waals surface area contributed by atoms with E-state index in [1.165, 1.54) is 21.7 Å². The molecule has 0 aliphatic carbocycles. The molecular formula is C54H32N4O. The maximum atomic E-state index is 6.82. The highest BCUT2D eigenvalue weighted by molar-refractivity contribution is 6.29. The molecule has 59 heavy (non-hydrogen) atoms. The van der Waals surface area contributed by atoms with Crippen LogP contribution in [-0.4, -0.2) is 19.1 Å². The highest BCUT2D eigenvalue weighted by Gasteiger charge is 2.26. The minimum Gasteiger partial charge on any atom is -0.455 e. The molecule has 0 radical (unpaired) electrons. The molecule has 0 aliphatic rings. The van der Waals surface area contributed by atoms with Gasteiger partial charge in [-0.15, -0.1) is 0 Å². The second kappa shape index (κ2) is 12.2. The summed E-state index contributed by atoms with van der Waals surface area (Å²) in [6.07, 6.45) is 0. The maximum absolute atomic E-state index is 6.82. The van der Waals surface area contributed by atoms with Gasteiger partial charge in [0.05, 0.1) is 44.4 Å². The number of benzene rings is 9. The largest absolute Gasteiger partial charge is 0.455 e. The number of nitrogens with zero attached hydrogens (tertiary/aromatic N) is 4. The third-order valence-corrected chi connectivity index (χ3v) is 12.1.